The highest BCUT2D eigenvalue weighted by molar-refractivity contribution is 5.84. The summed E-state index contributed by atoms with van der Waals surface area (Å²) in [7, 11) is 1.19. The number of hydrogen-bond donors (Lipinski definition) is 1. The molecule has 1 atom stereocenters. The summed E-state index contributed by atoms with van der Waals surface area (Å²) in [6, 6.07) is 0. The molecular weight excluding hydrogens is 259 g/mol. The molecule has 1 N–H and O–H groups in total. The maximum absolute atomic E-state index is 12.3. The minimum absolute atomic E-state index is 0.294. The summed E-state index contributed by atoms with van der Waals surface area (Å²) in [6.45, 7) is -1.74. The van der Waals surface area contributed by atoms with E-state index in [0.717, 1.165) is 0 Å². The van der Waals surface area contributed by atoms with Crippen LogP contribution in [-0.2, 0) is 19.1 Å². The number of carboxylic acids is 1. The second-order valence-electron chi connectivity index (χ2n) is 3.81. The highest BCUT2D eigenvalue weighted by Crippen LogP contribution is 2.24. The average Bonchev–Trinajstić information content (AvgIpc) is 2.27. The quantitative estimate of drug-likeness (QED) is 0.774. The Kier molecular flexibility index (Phi) is 4.17. The normalized spacial score (nSPS) is 25.0. The van der Waals surface area contributed by atoms with Crippen LogP contribution in [0.3, 0.4) is 0 Å². The second kappa shape index (κ2) is 5.11. The molecule has 0 spiro atoms. The summed E-state index contributed by atoms with van der Waals surface area (Å²) in [5.41, 5.74) is -1.95. The number of morpholine rings is 1. The number of carboxylic acid groups (broad SMARTS) is 1. The van der Waals surface area contributed by atoms with Crippen molar-refractivity contribution in [2.24, 2.45) is 0 Å². The average molecular weight is 271 g/mol. The van der Waals surface area contributed by atoms with Gasteiger partial charge in [-0.1, -0.05) is 0 Å². The molecule has 1 fully saturated rings. The monoisotopic (exact) mass is 271 g/mol. The van der Waals surface area contributed by atoms with Crippen molar-refractivity contribution >= 4 is 11.9 Å². The lowest BCUT2D eigenvalue weighted by Gasteiger charge is -2.39. The van der Waals surface area contributed by atoms with Gasteiger partial charge in [-0.05, 0) is 0 Å². The van der Waals surface area contributed by atoms with E-state index in [4.69, 9.17) is 9.84 Å². The van der Waals surface area contributed by atoms with Crippen molar-refractivity contribution in [1.29, 1.82) is 0 Å². The molecule has 1 unspecified atom stereocenters. The molecule has 9 heteroatoms. The highest BCUT2D eigenvalue weighted by Gasteiger charge is 2.50. The van der Waals surface area contributed by atoms with E-state index >= 15 is 0 Å². The summed E-state index contributed by atoms with van der Waals surface area (Å²) in [5, 5.41) is 9.00. The van der Waals surface area contributed by atoms with Crippen molar-refractivity contribution in [3.63, 3.8) is 0 Å². The highest BCUT2D eigenvalue weighted by atomic mass is 19.4. The van der Waals surface area contributed by atoms with E-state index in [1.807, 2.05) is 0 Å². The van der Waals surface area contributed by atoms with Crippen LogP contribution < -0.4 is 0 Å². The first-order valence-electron chi connectivity index (χ1n) is 4.95. The molecule has 1 rings (SSSR count). The molecule has 1 heterocycles. The fourth-order valence-corrected chi connectivity index (χ4v) is 1.65. The molecule has 0 radical (unpaired) electrons. The number of carbonyl (C=O) groups is 2. The lowest BCUT2D eigenvalue weighted by atomic mass is 10.0. The summed E-state index contributed by atoms with van der Waals surface area (Å²) in [6.07, 6.45) is -5.03. The zero-order valence-electron chi connectivity index (χ0n) is 9.49. The van der Waals surface area contributed by atoms with Crippen LogP contribution in [0.15, 0.2) is 0 Å². The van der Waals surface area contributed by atoms with Gasteiger partial charge in [0.1, 0.15) is 0 Å². The predicted molar refractivity (Wildman–Crippen MR) is 50.8 cm³/mol. The Morgan fingerprint density at radius 2 is 2.11 bits per heavy atom. The number of halogens is 3. The summed E-state index contributed by atoms with van der Waals surface area (Å²) in [5.74, 6) is -3.54. The van der Waals surface area contributed by atoms with E-state index in [-0.39, 0.29) is 13.2 Å². The molecule has 0 saturated carbocycles. The molecular formula is C9H12F3NO5. The van der Waals surface area contributed by atoms with Crippen LogP contribution in [-0.4, -0.2) is 67.1 Å². The Balaban J connectivity index is 2.88. The van der Waals surface area contributed by atoms with Crippen LogP contribution in [0.4, 0.5) is 13.2 Å². The lowest BCUT2D eigenvalue weighted by molar-refractivity contribution is -0.207. The minimum Gasteiger partial charge on any atom is -0.479 e. The van der Waals surface area contributed by atoms with Crippen LogP contribution >= 0.6 is 0 Å². The first-order valence-corrected chi connectivity index (χ1v) is 4.95. The Labute approximate surface area is 100 Å². The topological polar surface area (TPSA) is 76.1 Å². The molecule has 0 bridgehead atoms. The van der Waals surface area contributed by atoms with Crippen molar-refractivity contribution in [3.8, 4) is 0 Å². The van der Waals surface area contributed by atoms with Crippen LogP contribution in [0.5, 0.6) is 0 Å². The molecule has 0 aromatic heterocycles. The first-order chi connectivity index (χ1) is 8.23. The van der Waals surface area contributed by atoms with Crippen LogP contribution in [0.2, 0.25) is 0 Å². The number of ether oxygens (including phenoxy) is 2. The number of methoxy groups -OCH3 is 1. The van der Waals surface area contributed by atoms with E-state index in [1.54, 1.807) is 0 Å². The van der Waals surface area contributed by atoms with E-state index in [0.29, 0.717) is 4.90 Å². The molecule has 1 saturated heterocycles. The number of aliphatic carboxylic acids is 1. The third-order valence-electron chi connectivity index (χ3n) is 2.48. The fraction of sp³-hybridized carbons (Fsp3) is 0.778. The summed E-state index contributed by atoms with van der Waals surface area (Å²) < 4.78 is 46.4. The number of amides is 1. The van der Waals surface area contributed by atoms with E-state index in [1.165, 1.54) is 7.11 Å². The molecule has 1 aliphatic heterocycles. The maximum Gasteiger partial charge on any atom is 0.471 e. The molecule has 6 nitrogen and oxygen atoms in total. The van der Waals surface area contributed by atoms with E-state index in [2.05, 4.69) is 4.74 Å². The molecule has 0 aromatic rings. The third-order valence-corrected chi connectivity index (χ3v) is 2.48. The number of nitrogens with zero attached hydrogens (tertiary/aromatic N) is 1. The number of carbonyl (C=O) groups excluding carboxylic acids is 1. The van der Waals surface area contributed by atoms with Crippen LogP contribution in [0, 0.1) is 0 Å². The zero-order chi connectivity index (χ0) is 14.0. The predicted octanol–water partition coefficient (Wildman–Crippen LogP) is -0.123. The van der Waals surface area contributed by atoms with E-state index < -0.39 is 36.8 Å². The van der Waals surface area contributed by atoms with Gasteiger partial charge in [0.25, 0.3) is 0 Å². The smallest absolute Gasteiger partial charge is 0.471 e. The summed E-state index contributed by atoms with van der Waals surface area (Å²) >= 11 is 0. The van der Waals surface area contributed by atoms with Crippen LogP contribution in [0.1, 0.15) is 0 Å². The van der Waals surface area contributed by atoms with Gasteiger partial charge in [0.05, 0.1) is 19.8 Å². The van der Waals surface area contributed by atoms with Crippen LogP contribution in [0.25, 0.3) is 0 Å². The van der Waals surface area contributed by atoms with Gasteiger partial charge < -0.3 is 19.5 Å². The SMILES string of the molecule is COCC1(C(=O)O)CN(C(=O)C(F)(F)F)CCO1. The Morgan fingerprint density at radius 1 is 1.50 bits per heavy atom. The Hall–Kier alpha value is -1.35. The molecule has 104 valence electrons. The second-order valence-corrected chi connectivity index (χ2v) is 3.81. The van der Waals surface area contributed by atoms with Gasteiger partial charge >= 0.3 is 18.1 Å². The number of hydrogen-bond acceptors (Lipinski definition) is 4. The first kappa shape index (κ1) is 14.7. The molecule has 1 amide bonds. The Bertz CT molecular complexity index is 342. The van der Waals surface area contributed by atoms with Gasteiger partial charge in [-0.3, -0.25) is 4.79 Å². The van der Waals surface area contributed by atoms with Gasteiger partial charge in [-0.25, -0.2) is 4.79 Å². The summed E-state index contributed by atoms with van der Waals surface area (Å²) in [4.78, 5) is 22.5. The molecule has 0 aromatic carbocycles. The Morgan fingerprint density at radius 3 is 2.56 bits per heavy atom. The number of rotatable bonds is 3. The van der Waals surface area contributed by atoms with Gasteiger partial charge in [0.15, 0.2) is 0 Å². The molecule has 18 heavy (non-hydrogen) atoms. The zero-order valence-corrected chi connectivity index (χ0v) is 9.49. The van der Waals surface area contributed by atoms with Crippen molar-refractivity contribution in [2.45, 2.75) is 11.8 Å². The fourth-order valence-electron chi connectivity index (χ4n) is 1.65. The van der Waals surface area contributed by atoms with Crippen molar-refractivity contribution in [2.75, 3.05) is 33.4 Å². The molecule has 1 aliphatic rings. The van der Waals surface area contributed by atoms with Crippen molar-refractivity contribution < 1.29 is 37.3 Å². The standard InChI is InChI=1S/C9H12F3NO5/c1-17-5-8(7(15)16)4-13(2-3-18-8)6(14)9(10,11)12/h2-5H2,1H3,(H,15,16). The maximum atomic E-state index is 12.3. The van der Waals surface area contributed by atoms with Gasteiger partial charge in [0, 0.05) is 13.7 Å². The number of alkyl halides is 3. The van der Waals surface area contributed by atoms with Gasteiger partial charge in [0.2, 0.25) is 5.60 Å². The third kappa shape index (κ3) is 2.91. The van der Waals surface area contributed by atoms with Crippen molar-refractivity contribution in [3.05, 3.63) is 0 Å². The van der Waals surface area contributed by atoms with E-state index in [9.17, 15) is 22.8 Å². The minimum atomic E-state index is -5.03. The van der Waals surface area contributed by atoms with Gasteiger partial charge in [-0.2, -0.15) is 13.2 Å². The lowest BCUT2D eigenvalue weighted by Crippen LogP contribution is -2.61. The molecule has 0 aliphatic carbocycles. The largest absolute Gasteiger partial charge is 0.479 e. The van der Waals surface area contributed by atoms with Gasteiger partial charge in [-0.15, -0.1) is 0 Å². The van der Waals surface area contributed by atoms with Crippen molar-refractivity contribution in [1.82, 2.24) is 4.90 Å².